The molecule has 5 heteroatoms. The highest BCUT2D eigenvalue weighted by Gasteiger charge is 2.02. The Morgan fingerprint density at radius 1 is 1.55 bits per heavy atom. The van der Waals surface area contributed by atoms with Gasteiger partial charge in [-0.2, -0.15) is 5.10 Å². The summed E-state index contributed by atoms with van der Waals surface area (Å²) in [7, 11) is 0. The first-order chi connectivity index (χ1) is 5.27. The van der Waals surface area contributed by atoms with Gasteiger partial charge in [0.1, 0.15) is 8.85 Å². The van der Waals surface area contributed by atoms with Gasteiger partial charge in [-0.1, -0.05) is 11.6 Å². The molecule has 0 saturated carbocycles. The van der Waals surface area contributed by atoms with E-state index in [4.69, 9.17) is 11.6 Å². The normalized spacial score (nSPS) is 10.7. The topological polar surface area (TPSA) is 41.6 Å². The van der Waals surface area contributed by atoms with Gasteiger partial charge in [0.05, 0.1) is 11.7 Å². The van der Waals surface area contributed by atoms with E-state index in [1.165, 1.54) is 0 Å². The highest BCUT2D eigenvalue weighted by Crippen LogP contribution is 2.19. The lowest BCUT2D eigenvalue weighted by Gasteiger charge is -1.88. The van der Waals surface area contributed by atoms with Gasteiger partial charge in [-0.15, -0.1) is 0 Å². The Labute approximate surface area is 81.3 Å². The number of nitrogens with zero attached hydrogens (tertiary/aromatic N) is 2. The minimum absolute atomic E-state index is 0.497. The van der Waals surface area contributed by atoms with Gasteiger partial charge in [0.15, 0.2) is 0 Å². The lowest BCUT2D eigenvalue weighted by molar-refractivity contribution is 1.09. The molecule has 1 N–H and O–H groups in total. The first kappa shape index (κ1) is 7.30. The third-order valence-corrected chi connectivity index (χ3v) is 2.40. The Morgan fingerprint density at radius 3 is 3.18 bits per heavy atom. The van der Waals surface area contributed by atoms with Gasteiger partial charge < -0.3 is 0 Å². The molecule has 0 aromatic carbocycles. The van der Waals surface area contributed by atoms with E-state index in [1.54, 1.807) is 12.3 Å². The third-order valence-electron chi connectivity index (χ3n) is 1.37. The molecule has 11 heavy (non-hydrogen) atoms. The number of hydrogen-bond donors (Lipinski definition) is 1. The SMILES string of the molecule is Clc1cc2c(I)n[nH]c2cn1. The number of hydrogen-bond acceptors (Lipinski definition) is 2. The lowest BCUT2D eigenvalue weighted by atomic mass is 10.3. The summed E-state index contributed by atoms with van der Waals surface area (Å²) in [5.74, 6) is 0. The predicted molar refractivity (Wildman–Crippen MR) is 51.6 cm³/mol. The minimum atomic E-state index is 0.497. The number of aromatic nitrogens is 3. The van der Waals surface area contributed by atoms with Crippen molar-refractivity contribution < 1.29 is 0 Å². The lowest BCUT2D eigenvalue weighted by Crippen LogP contribution is -1.74. The predicted octanol–water partition coefficient (Wildman–Crippen LogP) is 2.22. The van der Waals surface area contributed by atoms with Gasteiger partial charge in [0.2, 0.25) is 0 Å². The molecule has 3 nitrogen and oxygen atoms in total. The monoisotopic (exact) mass is 279 g/mol. The van der Waals surface area contributed by atoms with E-state index in [1.807, 2.05) is 0 Å². The Morgan fingerprint density at radius 2 is 2.36 bits per heavy atom. The second-order valence-corrected chi connectivity index (χ2v) is 3.48. The van der Waals surface area contributed by atoms with Crippen LogP contribution >= 0.6 is 34.2 Å². The zero-order chi connectivity index (χ0) is 7.84. The molecule has 0 radical (unpaired) electrons. The third kappa shape index (κ3) is 1.20. The number of nitrogens with one attached hydrogen (secondary N) is 1. The summed E-state index contributed by atoms with van der Waals surface area (Å²) in [6.45, 7) is 0. The molecule has 0 spiro atoms. The van der Waals surface area contributed by atoms with E-state index < -0.39 is 0 Å². The van der Waals surface area contributed by atoms with Crippen LogP contribution in [0.5, 0.6) is 0 Å². The van der Waals surface area contributed by atoms with Gasteiger partial charge in [-0.25, -0.2) is 4.98 Å². The summed E-state index contributed by atoms with van der Waals surface area (Å²) in [5.41, 5.74) is 0.916. The second kappa shape index (κ2) is 2.60. The van der Waals surface area contributed by atoms with Crippen LogP contribution in [0.25, 0.3) is 10.9 Å². The number of H-pyrrole nitrogens is 1. The maximum Gasteiger partial charge on any atom is 0.131 e. The Hall–Kier alpha value is -0.360. The Balaban J connectivity index is 2.87. The molecule has 2 aromatic rings. The number of aromatic amines is 1. The van der Waals surface area contributed by atoms with Crippen LogP contribution in [0, 0.1) is 3.70 Å². The average Bonchev–Trinajstić information content (AvgIpc) is 2.33. The van der Waals surface area contributed by atoms with Gasteiger partial charge in [0.25, 0.3) is 0 Å². The van der Waals surface area contributed by atoms with Crippen molar-refractivity contribution in [1.29, 1.82) is 0 Å². The van der Waals surface area contributed by atoms with Crippen molar-refractivity contribution in [3.63, 3.8) is 0 Å². The van der Waals surface area contributed by atoms with E-state index in [9.17, 15) is 0 Å². The van der Waals surface area contributed by atoms with E-state index >= 15 is 0 Å². The van der Waals surface area contributed by atoms with E-state index in [2.05, 4.69) is 37.8 Å². The van der Waals surface area contributed by atoms with Gasteiger partial charge in [-0.05, 0) is 28.7 Å². The van der Waals surface area contributed by atoms with Crippen LogP contribution in [0.3, 0.4) is 0 Å². The fourth-order valence-electron chi connectivity index (χ4n) is 0.859. The van der Waals surface area contributed by atoms with E-state index in [0.717, 1.165) is 14.6 Å². The molecule has 2 aromatic heterocycles. The molecule has 2 rings (SSSR count). The van der Waals surface area contributed by atoms with Gasteiger partial charge in [0, 0.05) is 5.39 Å². The molecular weight excluding hydrogens is 276 g/mol. The molecule has 0 amide bonds. The first-order valence-electron chi connectivity index (χ1n) is 2.92. The van der Waals surface area contributed by atoms with Crippen molar-refractivity contribution in [2.75, 3.05) is 0 Å². The average molecular weight is 279 g/mol. The van der Waals surface area contributed by atoms with Crippen molar-refractivity contribution in [3.05, 3.63) is 21.1 Å². The Bertz CT molecular complexity index is 398. The summed E-state index contributed by atoms with van der Waals surface area (Å²) in [6.07, 6.45) is 1.67. The van der Waals surface area contributed by atoms with Crippen LogP contribution in [0.4, 0.5) is 0 Å². The zero-order valence-corrected chi connectivity index (χ0v) is 8.22. The number of fused-ring (bicyclic) bond motifs is 1. The number of pyridine rings is 1. The highest BCUT2D eigenvalue weighted by atomic mass is 127. The quantitative estimate of drug-likeness (QED) is 0.593. The maximum atomic E-state index is 5.69. The van der Waals surface area contributed by atoms with Crippen molar-refractivity contribution in [2.24, 2.45) is 0 Å². The molecule has 0 fully saturated rings. The molecule has 0 aliphatic carbocycles. The van der Waals surface area contributed by atoms with Crippen molar-refractivity contribution in [1.82, 2.24) is 15.2 Å². The van der Waals surface area contributed by atoms with Crippen LogP contribution in [0.15, 0.2) is 12.3 Å². The van der Waals surface area contributed by atoms with E-state index in [0.29, 0.717) is 5.15 Å². The maximum absolute atomic E-state index is 5.69. The zero-order valence-electron chi connectivity index (χ0n) is 5.31. The van der Waals surface area contributed by atoms with E-state index in [-0.39, 0.29) is 0 Å². The fourth-order valence-corrected chi connectivity index (χ4v) is 1.58. The molecule has 0 atom stereocenters. The summed E-state index contributed by atoms with van der Waals surface area (Å²) in [6, 6.07) is 1.79. The molecular formula is C6H3ClIN3. The molecule has 2 heterocycles. The summed E-state index contributed by atoms with van der Waals surface area (Å²) < 4.78 is 0.918. The summed E-state index contributed by atoms with van der Waals surface area (Å²) >= 11 is 7.83. The smallest absolute Gasteiger partial charge is 0.131 e. The van der Waals surface area contributed by atoms with Gasteiger partial charge in [-0.3, -0.25) is 5.10 Å². The Kier molecular flexibility index (Phi) is 1.72. The van der Waals surface area contributed by atoms with Crippen LogP contribution in [0.1, 0.15) is 0 Å². The highest BCUT2D eigenvalue weighted by molar-refractivity contribution is 14.1. The molecule has 0 unspecified atom stereocenters. The fraction of sp³-hybridized carbons (Fsp3) is 0. The number of halogens is 2. The van der Waals surface area contributed by atoms with Crippen molar-refractivity contribution in [2.45, 2.75) is 0 Å². The standard InChI is InChI=1S/C6H3ClIN3/c7-5-1-3-4(2-9-5)10-11-6(3)8/h1-2H,(H,10,11). The molecule has 56 valence electrons. The molecule has 0 aliphatic heterocycles. The van der Waals surface area contributed by atoms with Crippen molar-refractivity contribution in [3.8, 4) is 0 Å². The largest absolute Gasteiger partial charge is 0.275 e. The van der Waals surface area contributed by atoms with Crippen LogP contribution < -0.4 is 0 Å². The molecule has 0 aliphatic rings. The van der Waals surface area contributed by atoms with Gasteiger partial charge >= 0.3 is 0 Å². The minimum Gasteiger partial charge on any atom is -0.275 e. The first-order valence-corrected chi connectivity index (χ1v) is 4.38. The molecule has 0 bridgehead atoms. The molecule has 0 saturated heterocycles. The second-order valence-electron chi connectivity index (χ2n) is 2.07. The van der Waals surface area contributed by atoms with Crippen LogP contribution in [0.2, 0.25) is 5.15 Å². The van der Waals surface area contributed by atoms with Crippen molar-refractivity contribution >= 4 is 45.1 Å². The van der Waals surface area contributed by atoms with Crippen LogP contribution in [-0.4, -0.2) is 15.2 Å². The van der Waals surface area contributed by atoms with Crippen LogP contribution in [-0.2, 0) is 0 Å². The number of rotatable bonds is 0. The summed E-state index contributed by atoms with van der Waals surface area (Å²) in [4.78, 5) is 3.91. The summed E-state index contributed by atoms with van der Waals surface area (Å²) in [5, 5.41) is 8.35.